The smallest absolute Gasteiger partial charge is 0.258 e. The number of rotatable bonds is 5. The first-order chi connectivity index (χ1) is 7.56. The van der Waals surface area contributed by atoms with E-state index in [9.17, 15) is 10.1 Å². The Bertz CT molecular complexity index is 368. The molecule has 0 heterocycles. The molecular weight excluding hydrogens is 270 g/mol. The molecule has 0 aliphatic heterocycles. The van der Waals surface area contributed by atoms with Crippen molar-refractivity contribution in [1.82, 2.24) is 0 Å². The summed E-state index contributed by atoms with van der Waals surface area (Å²) in [7, 11) is 0. The van der Waals surface area contributed by atoms with E-state index < -0.39 is 0 Å². The summed E-state index contributed by atoms with van der Waals surface area (Å²) < 4.78 is 0. The molecule has 16 heavy (non-hydrogen) atoms. The van der Waals surface area contributed by atoms with Crippen molar-refractivity contribution in [3.8, 4) is 0 Å². The molecule has 0 aromatic heterocycles. The van der Waals surface area contributed by atoms with E-state index >= 15 is 0 Å². The number of benzene rings is 1. The highest BCUT2D eigenvalue weighted by atomic mass is 79.9. The highest BCUT2D eigenvalue weighted by molar-refractivity contribution is 9.09. The average Bonchev–Trinajstić information content (AvgIpc) is 2.28. The maximum Gasteiger partial charge on any atom is 0.272 e. The molecule has 0 radical (unpaired) electrons. The van der Waals surface area contributed by atoms with Crippen LogP contribution < -0.4 is 0 Å². The van der Waals surface area contributed by atoms with Gasteiger partial charge in [0.1, 0.15) is 0 Å². The predicted molar refractivity (Wildman–Crippen MR) is 69.0 cm³/mol. The maximum absolute atomic E-state index is 10.8. The maximum atomic E-state index is 10.8. The minimum absolute atomic E-state index is 0.218. The number of hydrogen-bond acceptors (Lipinski definition) is 2. The Balaban J connectivity index is 2.84. The van der Waals surface area contributed by atoms with Crippen molar-refractivity contribution in [2.45, 2.75) is 31.5 Å². The molecule has 0 aliphatic rings. The predicted octanol–water partition coefficient (Wildman–Crippen LogP) is 3.95. The largest absolute Gasteiger partial charge is 0.272 e. The van der Waals surface area contributed by atoms with Gasteiger partial charge in [-0.05, 0) is 12.3 Å². The van der Waals surface area contributed by atoms with Crippen molar-refractivity contribution in [3.63, 3.8) is 0 Å². The lowest BCUT2D eigenvalue weighted by atomic mass is 9.98. The Morgan fingerprint density at radius 1 is 1.44 bits per heavy atom. The van der Waals surface area contributed by atoms with Crippen LogP contribution in [0.4, 0.5) is 5.69 Å². The lowest BCUT2D eigenvalue weighted by Gasteiger charge is -2.16. The monoisotopic (exact) mass is 285 g/mol. The minimum atomic E-state index is -0.314. The fourth-order valence-electron chi connectivity index (χ4n) is 1.53. The molecule has 4 heteroatoms. The second-order valence-electron chi connectivity index (χ2n) is 3.99. The minimum Gasteiger partial charge on any atom is -0.258 e. The summed E-state index contributed by atoms with van der Waals surface area (Å²) in [6.07, 6.45) is 1.77. The quantitative estimate of drug-likeness (QED) is 0.467. The van der Waals surface area contributed by atoms with Crippen LogP contribution in [0.5, 0.6) is 0 Å². The van der Waals surface area contributed by atoms with E-state index in [-0.39, 0.29) is 10.6 Å². The Kier molecular flexibility index (Phi) is 4.93. The lowest BCUT2D eigenvalue weighted by molar-refractivity contribution is -0.385. The van der Waals surface area contributed by atoms with Gasteiger partial charge in [-0.25, -0.2) is 0 Å². The second-order valence-corrected chi connectivity index (χ2v) is 5.17. The fraction of sp³-hybridized carbons (Fsp3) is 0.500. The van der Waals surface area contributed by atoms with Gasteiger partial charge in [-0.15, -0.1) is 0 Å². The number of alkyl halides is 1. The van der Waals surface area contributed by atoms with Gasteiger partial charge in [0, 0.05) is 16.5 Å². The summed E-state index contributed by atoms with van der Waals surface area (Å²) in [5.41, 5.74) is 1.02. The number of hydrogen-bond donors (Lipinski definition) is 0. The van der Waals surface area contributed by atoms with E-state index in [0.717, 1.165) is 12.0 Å². The average molecular weight is 286 g/mol. The van der Waals surface area contributed by atoms with Gasteiger partial charge in [-0.1, -0.05) is 54.4 Å². The molecule has 1 rings (SSSR count). The molecular formula is C12H16BrNO2. The third-order valence-corrected chi connectivity index (χ3v) is 4.09. The Morgan fingerprint density at radius 2 is 2.06 bits per heavy atom. The van der Waals surface area contributed by atoms with Crippen LogP contribution >= 0.6 is 15.9 Å². The van der Waals surface area contributed by atoms with E-state index in [4.69, 9.17) is 0 Å². The van der Waals surface area contributed by atoms with E-state index in [1.165, 1.54) is 0 Å². The molecule has 0 fully saturated rings. The van der Waals surface area contributed by atoms with Crippen molar-refractivity contribution >= 4 is 21.6 Å². The number of nitro benzene ring substituents is 1. The van der Waals surface area contributed by atoms with Crippen LogP contribution in [0.1, 0.15) is 25.8 Å². The molecule has 0 saturated carbocycles. The van der Waals surface area contributed by atoms with Crippen molar-refractivity contribution in [2.24, 2.45) is 5.92 Å². The highest BCUT2D eigenvalue weighted by Crippen LogP contribution is 2.25. The molecule has 0 saturated heterocycles. The fourth-order valence-corrected chi connectivity index (χ4v) is 2.25. The van der Waals surface area contributed by atoms with Crippen LogP contribution in [0.25, 0.3) is 0 Å². The van der Waals surface area contributed by atoms with Crippen LogP contribution in [-0.4, -0.2) is 9.75 Å². The zero-order chi connectivity index (χ0) is 12.1. The molecule has 2 atom stereocenters. The van der Waals surface area contributed by atoms with Gasteiger partial charge >= 0.3 is 0 Å². The Labute approximate surface area is 104 Å². The first-order valence-corrected chi connectivity index (χ1v) is 6.34. The van der Waals surface area contributed by atoms with Crippen molar-refractivity contribution in [1.29, 1.82) is 0 Å². The van der Waals surface area contributed by atoms with Crippen LogP contribution in [0.2, 0.25) is 0 Å². The van der Waals surface area contributed by atoms with Gasteiger partial charge in [0.05, 0.1) is 4.92 Å². The molecule has 1 aromatic carbocycles. The summed E-state index contributed by atoms with van der Waals surface area (Å²) in [6.45, 7) is 4.27. The van der Waals surface area contributed by atoms with Gasteiger partial charge in [0.25, 0.3) is 5.69 Å². The van der Waals surface area contributed by atoms with Crippen LogP contribution in [0.3, 0.4) is 0 Å². The van der Waals surface area contributed by atoms with Gasteiger partial charge in [0.2, 0.25) is 0 Å². The van der Waals surface area contributed by atoms with Gasteiger partial charge in [-0.2, -0.15) is 0 Å². The molecule has 0 bridgehead atoms. The molecule has 0 aliphatic carbocycles. The second kappa shape index (κ2) is 5.99. The Morgan fingerprint density at radius 3 is 2.62 bits per heavy atom. The van der Waals surface area contributed by atoms with E-state index in [0.29, 0.717) is 17.2 Å². The normalized spacial score (nSPS) is 14.4. The molecule has 88 valence electrons. The molecule has 1 aromatic rings. The molecule has 0 spiro atoms. The number of halogens is 1. The standard InChI is InChI=1S/C12H16BrNO2/c1-3-9(2)11(13)8-10-6-4-5-7-12(10)14(15)16/h4-7,9,11H,3,8H2,1-2H3. The molecule has 0 amide bonds. The summed E-state index contributed by atoms with van der Waals surface area (Å²) in [5, 5.41) is 10.8. The van der Waals surface area contributed by atoms with Crippen molar-refractivity contribution in [2.75, 3.05) is 0 Å². The molecule has 3 nitrogen and oxygen atoms in total. The summed E-state index contributed by atoms with van der Waals surface area (Å²) >= 11 is 3.60. The van der Waals surface area contributed by atoms with Crippen LogP contribution in [0, 0.1) is 16.0 Å². The van der Waals surface area contributed by atoms with E-state index in [1.807, 2.05) is 12.1 Å². The SMILES string of the molecule is CCC(C)C(Br)Cc1ccccc1[N+](=O)[O-]. The van der Waals surface area contributed by atoms with Gasteiger partial charge < -0.3 is 0 Å². The Hall–Kier alpha value is -0.900. The van der Waals surface area contributed by atoms with Gasteiger partial charge in [-0.3, -0.25) is 10.1 Å². The zero-order valence-electron chi connectivity index (χ0n) is 9.52. The van der Waals surface area contributed by atoms with E-state index in [2.05, 4.69) is 29.8 Å². The van der Waals surface area contributed by atoms with Gasteiger partial charge in [0.15, 0.2) is 0 Å². The molecule has 2 unspecified atom stereocenters. The van der Waals surface area contributed by atoms with E-state index in [1.54, 1.807) is 12.1 Å². The number of nitro groups is 1. The van der Waals surface area contributed by atoms with Crippen molar-refractivity contribution < 1.29 is 4.92 Å². The molecule has 0 N–H and O–H groups in total. The zero-order valence-corrected chi connectivity index (χ0v) is 11.1. The van der Waals surface area contributed by atoms with Crippen LogP contribution in [-0.2, 0) is 6.42 Å². The third kappa shape index (κ3) is 3.30. The first-order valence-electron chi connectivity index (χ1n) is 5.42. The third-order valence-electron chi connectivity index (χ3n) is 2.86. The highest BCUT2D eigenvalue weighted by Gasteiger charge is 2.18. The van der Waals surface area contributed by atoms with Crippen LogP contribution in [0.15, 0.2) is 24.3 Å². The number of para-hydroxylation sites is 1. The summed E-state index contributed by atoms with van der Waals surface area (Å²) in [4.78, 5) is 10.8. The summed E-state index contributed by atoms with van der Waals surface area (Å²) in [6, 6.07) is 6.94. The first kappa shape index (κ1) is 13.2. The lowest BCUT2D eigenvalue weighted by Crippen LogP contribution is -2.13. The van der Waals surface area contributed by atoms with Crippen molar-refractivity contribution in [3.05, 3.63) is 39.9 Å². The summed E-state index contributed by atoms with van der Waals surface area (Å²) in [5.74, 6) is 0.514. The number of nitrogens with zero attached hydrogens (tertiary/aromatic N) is 1. The topological polar surface area (TPSA) is 43.1 Å².